The predicted octanol–water partition coefficient (Wildman–Crippen LogP) is 2.83. The van der Waals surface area contributed by atoms with Crippen molar-refractivity contribution in [3.8, 4) is 0 Å². The average molecular weight is 435 g/mol. The lowest BCUT2D eigenvalue weighted by molar-refractivity contribution is -0.124. The van der Waals surface area contributed by atoms with Gasteiger partial charge in [-0.25, -0.2) is 0 Å². The number of nitrogens with one attached hydrogen (secondary N) is 1. The Hall–Kier alpha value is -1.80. The number of aliphatic hydroxyl groups excluding tert-OH is 1. The molecule has 1 fully saturated rings. The quantitative estimate of drug-likeness (QED) is 0.326. The second-order valence-electron chi connectivity index (χ2n) is 8.11. The van der Waals surface area contributed by atoms with Gasteiger partial charge < -0.3 is 24.7 Å². The van der Waals surface area contributed by atoms with Crippen LogP contribution in [0, 0.1) is 0 Å². The molecule has 31 heavy (non-hydrogen) atoms. The maximum absolute atomic E-state index is 12.6. The first kappa shape index (κ1) is 25.5. The van der Waals surface area contributed by atoms with Crippen LogP contribution in [0.1, 0.15) is 63.0 Å². The Morgan fingerprint density at radius 3 is 2.52 bits per heavy atom. The molecule has 0 saturated carbocycles. The molecule has 1 aromatic carbocycles. The Balaban J connectivity index is 1.72. The van der Waals surface area contributed by atoms with Crippen molar-refractivity contribution in [1.82, 2.24) is 10.2 Å². The second-order valence-corrected chi connectivity index (χ2v) is 8.11. The number of amides is 1. The lowest BCUT2D eigenvalue weighted by Gasteiger charge is -2.36. The number of hydrogen-bond acceptors (Lipinski definition) is 6. The molecule has 3 unspecified atom stereocenters. The van der Waals surface area contributed by atoms with E-state index >= 15 is 0 Å². The van der Waals surface area contributed by atoms with E-state index in [2.05, 4.69) is 10.2 Å². The van der Waals surface area contributed by atoms with Gasteiger partial charge in [0.05, 0.1) is 25.5 Å². The largest absolute Gasteiger partial charge is 0.388 e. The van der Waals surface area contributed by atoms with E-state index in [-0.39, 0.29) is 18.2 Å². The summed E-state index contributed by atoms with van der Waals surface area (Å²) in [6.07, 6.45) is 6.27. The molecule has 0 aromatic heterocycles. The number of aliphatic hydroxyl groups is 1. The molecule has 0 radical (unpaired) electrons. The van der Waals surface area contributed by atoms with Crippen LogP contribution >= 0.6 is 0 Å². The van der Waals surface area contributed by atoms with Crippen molar-refractivity contribution < 1.29 is 24.2 Å². The number of aldehydes is 1. The Labute approximate surface area is 186 Å². The highest BCUT2D eigenvalue weighted by atomic mass is 16.5. The van der Waals surface area contributed by atoms with Gasteiger partial charge in [0.1, 0.15) is 12.4 Å². The fourth-order valence-electron chi connectivity index (χ4n) is 3.87. The van der Waals surface area contributed by atoms with Crippen molar-refractivity contribution >= 4 is 12.2 Å². The van der Waals surface area contributed by atoms with Crippen LogP contribution in [-0.2, 0) is 19.1 Å². The van der Waals surface area contributed by atoms with E-state index in [1.54, 1.807) is 7.11 Å². The molecule has 174 valence electrons. The van der Waals surface area contributed by atoms with E-state index in [0.717, 1.165) is 63.5 Å². The lowest BCUT2D eigenvalue weighted by atomic mass is 10.0. The van der Waals surface area contributed by atoms with Crippen molar-refractivity contribution in [2.24, 2.45) is 0 Å². The first-order valence-electron chi connectivity index (χ1n) is 11.5. The van der Waals surface area contributed by atoms with E-state index < -0.39 is 6.10 Å². The third-order valence-corrected chi connectivity index (χ3v) is 5.79. The van der Waals surface area contributed by atoms with Crippen LogP contribution in [0.5, 0.6) is 0 Å². The third kappa shape index (κ3) is 9.91. The Bertz CT molecular complexity index is 622. The minimum Gasteiger partial charge on any atom is -0.388 e. The first-order chi connectivity index (χ1) is 15.1. The molecule has 7 nitrogen and oxygen atoms in total. The Morgan fingerprint density at radius 2 is 1.84 bits per heavy atom. The average Bonchev–Trinajstić information content (AvgIpc) is 2.81. The molecular formula is C24H38N2O5. The summed E-state index contributed by atoms with van der Waals surface area (Å²) < 4.78 is 10.5. The topological polar surface area (TPSA) is 88.1 Å². The first-order valence-corrected chi connectivity index (χ1v) is 11.5. The van der Waals surface area contributed by atoms with Crippen LogP contribution in [0.3, 0.4) is 0 Å². The monoisotopic (exact) mass is 434 g/mol. The fraction of sp³-hybridized carbons (Fsp3) is 0.667. The molecule has 1 aliphatic rings. The molecule has 0 spiro atoms. The number of benzene rings is 1. The van der Waals surface area contributed by atoms with Gasteiger partial charge in [0.2, 0.25) is 5.91 Å². The molecule has 2 rings (SSSR count). The van der Waals surface area contributed by atoms with Gasteiger partial charge in [-0.15, -0.1) is 0 Å². The SMILES string of the molecule is COC(C=O)CCCCCCCC(=O)NC(CC(O)c1ccccc1)N1CCOCC1. The summed E-state index contributed by atoms with van der Waals surface area (Å²) in [5.41, 5.74) is 0.861. The van der Waals surface area contributed by atoms with Crippen LogP contribution in [0.4, 0.5) is 0 Å². The van der Waals surface area contributed by atoms with E-state index in [1.807, 2.05) is 30.3 Å². The molecule has 3 atom stereocenters. The standard InChI is InChI=1S/C24H38N2O5/c1-30-21(19-27)12-8-3-2-4-9-13-24(29)25-23(26-14-16-31-17-15-26)18-22(28)20-10-6-5-7-11-20/h5-7,10-11,19,21-23,28H,2-4,8-9,12-18H2,1H3,(H,25,29). The molecule has 2 N–H and O–H groups in total. The summed E-state index contributed by atoms with van der Waals surface area (Å²) in [4.78, 5) is 25.5. The summed E-state index contributed by atoms with van der Waals surface area (Å²) in [6, 6.07) is 9.57. The zero-order valence-electron chi connectivity index (χ0n) is 18.7. The van der Waals surface area contributed by atoms with Gasteiger partial charge in [-0.2, -0.15) is 0 Å². The number of nitrogens with zero attached hydrogens (tertiary/aromatic N) is 1. The summed E-state index contributed by atoms with van der Waals surface area (Å²) in [7, 11) is 1.56. The molecule has 0 bridgehead atoms. The maximum atomic E-state index is 12.6. The van der Waals surface area contributed by atoms with Gasteiger partial charge in [-0.05, 0) is 18.4 Å². The number of rotatable bonds is 15. The zero-order chi connectivity index (χ0) is 22.3. The van der Waals surface area contributed by atoms with Gasteiger partial charge in [-0.1, -0.05) is 56.0 Å². The molecule has 1 saturated heterocycles. The normalized spacial score (nSPS) is 17.6. The molecular weight excluding hydrogens is 396 g/mol. The van der Waals surface area contributed by atoms with Crippen LogP contribution in [-0.4, -0.2) is 67.9 Å². The van der Waals surface area contributed by atoms with Crippen LogP contribution in [0.2, 0.25) is 0 Å². The Morgan fingerprint density at radius 1 is 1.16 bits per heavy atom. The van der Waals surface area contributed by atoms with Crippen molar-refractivity contribution in [2.45, 2.75) is 69.7 Å². The number of methoxy groups -OCH3 is 1. The number of ether oxygens (including phenoxy) is 2. The minimum absolute atomic E-state index is 0.0251. The van der Waals surface area contributed by atoms with Gasteiger partial charge in [-0.3, -0.25) is 9.69 Å². The van der Waals surface area contributed by atoms with Gasteiger partial charge >= 0.3 is 0 Å². The number of unbranched alkanes of at least 4 members (excludes halogenated alkanes) is 4. The molecule has 0 aliphatic carbocycles. The number of morpholine rings is 1. The van der Waals surface area contributed by atoms with Gasteiger partial charge in [0.25, 0.3) is 0 Å². The smallest absolute Gasteiger partial charge is 0.221 e. The van der Waals surface area contributed by atoms with Crippen LogP contribution in [0.15, 0.2) is 30.3 Å². The summed E-state index contributed by atoms with van der Waals surface area (Å²) in [6.45, 7) is 2.77. The second kappa shape index (κ2) is 15.1. The fourth-order valence-corrected chi connectivity index (χ4v) is 3.87. The van der Waals surface area contributed by atoms with Gasteiger partial charge in [0, 0.05) is 33.0 Å². The van der Waals surface area contributed by atoms with Crippen molar-refractivity contribution in [2.75, 3.05) is 33.4 Å². The maximum Gasteiger partial charge on any atom is 0.221 e. The summed E-state index contributed by atoms with van der Waals surface area (Å²) >= 11 is 0. The Kier molecular flexibility index (Phi) is 12.4. The van der Waals surface area contributed by atoms with Crippen molar-refractivity contribution in [1.29, 1.82) is 0 Å². The van der Waals surface area contributed by atoms with Crippen molar-refractivity contribution in [3.63, 3.8) is 0 Å². The van der Waals surface area contributed by atoms with E-state index in [0.29, 0.717) is 26.1 Å². The predicted molar refractivity (Wildman–Crippen MR) is 120 cm³/mol. The molecule has 1 aliphatic heterocycles. The van der Waals surface area contributed by atoms with Crippen LogP contribution < -0.4 is 5.32 Å². The third-order valence-electron chi connectivity index (χ3n) is 5.79. The zero-order valence-corrected chi connectivity index (χ0v) is 18.7. The van der Waals surface area contributed by atoms with E-state index in [1.165, 1.54) is 0 Å². The number of carbonyl (C=O) groups excluding carboxylic acids is 2. The lowest BCUT2D eigenvalue weighted by Crippen LogP contribution is -2.52. The van der Waals surface area contributed by atoms with E-state index in [9.17, 15) is 14.7 Å². The van der Waals surface area contributed by atoms with Gasteiger partial charge in [0.15, 0.2) is 0 Å². The minimum atomic E-state index is -0.628. The molecule has 7 heteroatoms. The van der Waals surface area contributed by atoms with Crippen molar-refractivity contribution in [3.05, 3.63) is 35.9 Å². The highest BCUT2D eigenvalue weighted by Gasteiger charge is 2.25. The molecule has 1 aromatic rings. The highest BCUT2D eigenvalue weighted by Crippen LogP contribution is 2.20. The number of hydrogen-bond donors (Lipinski definition) is 2. The van der Waals surface area contributed by atoms with Crippen LogP contribution in [0.25, 0.3) is 0 Å². The highest BCUT2D eigenvalue weighted by molar-refractivity contribution is 5.76. The van der Waals surface area contributed by atoms with E-state index in [4.69, 9.17) is 9.47 Å². The molecule has 1 amide bonds. The summed E-state index contributed by atoms with van der Waals surface area (Å²) in [5.74, 6) is 0.0251. The number of carbonyl (C=O) groups is 2. The molecule has 1 heterocycles. The summed E-state index contributed by atoms with van der Waals surface area (Å²) in [5, 5.41) is 13.8.